The van der Waals surface area contributed by atoms with Crippen LogP contribution in [0.3, 0.4) is 0 Å². The number of rotatable bonds is 11. The average Bonchev–Trinajstić information content (AvgIpc) is 2.92. The van der Waals surface area contributed by atoms with Crippen molar-refractivity contribution in [2.24, 2.45) is 0 Å². The highest BCUT2D eigenvalue weighted by Gasteiger charge is 2.09. The molecule has 5 heteroatoms. The summed E-state index contributed by atoms with van der Waals surface area (Å²) in [4.78, 5) is 4.43. The fraction of sp³-hybridized carbons (Fsp3) is 0.611. The lowest BCUT2D eigenvalue weighted by atomic mass is 10.1. The van der Waals surface area contributed by atoms with Gasteiger partial charge in [-0.15, -0.1) is 16.8 Å². The zero-order valence-electron chi connectivity index (χ0n) is 14.4. The van der Waals surface area contributed by atoms with Gasteiger partial charge >= 0.3 is 0 Å². The second-order valence-corrected chi connectivity index (χ2v) is 7.12. The first-order valence-electron chi connectivity index (χ1n) is 8.65. The average molecular weight is 333 g/mol. The van der Waals surface area contributed by atoms with Crippen molar-refractivity contribution in [3.05, 3.63) is 30.1 Å². The van der Waals surface area contributed by atoms with Crippen molar-refractivity contribution in [3.8, 4) is 0 Å². The number of unbranched alkanes of at least 4 members (excludes halogenated alkanes) is 7. The molecular weight excluding hydrogens is 304 g/mol. The van der Waals surface area contributed by atoms with Crippen molar-refractivity contribution in [2.45, 2.75) is 70.4 Å². The fourth-order valence-electron chi connectivity index (χ4n) is 2.73. The van der Waals surface area contributed by atoms with Crippen LogP contribution in [0.2, 0.25) is 0 Å². The predicted octanol–water partition coefficient (Wildman–Crippen LogP) is 5.14. The number of allylic oxidation sites excluding steroid dienone is 1. The van der Waals surface area contributed by atoms with Crippen molar-refractivity contribution in [3.63, 3.8) is 0 Å². The Bertz CT molecular complexity index is 621. The smallest absolute Gasteiger partial charge is 0.256 e. The Balaban J connectivity index is 1.64. The molecule has 0 aromatic carbocycles. The summed E-state index contributed by atoms with van der Waals surface area (Å²) >= 11 is 1.79. The quantitative estimate of drug-likeness (QED) is 0.324. The summed E-state index contributed by atoms with van der Waals surface area (Å²) in [6.07, 6.45) is 12.4. The Hall–Kier alpha value is -1.36. The molecule has 2 rings (SSSR count). The van der Waals surface area contributed by atoms with E-state index in [0.717, 1.165) is 28.7 Å². The minimum atomic E-state index is 0.713. The van der Waals surface area contributed by atoms with E-state index >= 15 is 0 Å². The van der Waals surface area contributed by atoms with Crippen LogP contribution in [-0.4, -0.2) is 25.3 Å². The van der Waals surface area contributed by atoms with E-state index in [0.29, 0.717) is 5.78 Å². The van der Waals surface area contributed by atoms with Crippen LogP contribution in [-0.2, 0) is 0 Å². The van der Waals surface area contributed by atoms with Crippen molar-refractivity contribution in [2.75, 3.05) is 5.75 Å². The molecule has 0 amide bonds. The van der Waals surface area contributed by atoms with Crippen molar-refractivity contribution in [1.29, 1.82) is 0 Å². The topological polar surface area (TPSA) is 43.1 Å². The van der Waals surface area contributed by atoms with Crippen LogP contribution in [0.25, 0.3) is 5.78 Å². The third-order valence-electron chi connectivity index (χ3n) is 3.95. The molecular formula is C18H28N4S. The molecule has 2 aromatic rings. The molecule has 0 aliphatic heterocycles. The zero-order chi connectivity index (χ0) is 16.5. The summed E-state index contributed by atoms with van der Waals surface area (Å²) in [6, 6.07) is 2.08. The third kappa shape index (κ3) is 5.65. The minimum absolute atomic E-state index is 0.713. The van der Waals surface area contributed by atoms with Crippen LogP contribution in [0.1, 0.15) is 62.8 Å². The standard InChI is InChI=1S/C18H28N4S/c1-4-5-6-7-8-9-10-11-12-13-23-18-21-20-17-19-15(2)14-16(3)22(17)18/h4,14H,1,5-13H2,2-3H3. The summed E-state index contributed by atoms with van der Waals surface area (Å²) in [6.45, 7) is 7.84. The highest BCUT2D eigenvalue weighted by molar-refractivity contribution is 7.99. The van der Waals surface area contributed by atoms with Gasteiger partial charge in [-0.3, -0.25) is 4.40 Å². The maximum Gasteiger partial charge on any atom is 0.256 e. The Morgan fingerprint density at radius 1 is 1.04 bits per heavy atom. The lowest BCUT2D eigenvalue weighted by Gasteiger charge is -2.04. The summed E-state index contributed by atoms with van der Waals surface area (Å²) < 4.78 is 2.05. The van der Waals surface area contributed by atoms with Crippen LogP contribution in [0.15, 0.2) is 23.9 Å². The van der Waals surface area contributed by atoms with Crippen LogP contribution in [0.4, 0.5) is 0 Å². The van der Waals surface area contributed by atoms with E-state index in [1.807, 2.05) is 13.0 Å². The van der Waals surface area contributed by atoms with E-state index in [-0.39, 0.29) is 0 Å². The maximum absolute atomic E-state index is 4.43. The molecule has 0 aliphatic carbocycles. The van der Waals surface area contributed by atoms with E-state index in [4.69, 9.17) is 0 Å². The molecule has 0 saturated heterocycles. The van der Waals surface area contributed by atoms with Gasteiger partial charge in [0.05, 0.1) is 0 Å². The monoisotopic (exact) mass is 332 g/mol. The predicted molar refractivity (Wildman–Crippen MR) is 98.1 cm³/mol. The number of aromatic nitrogens is 4. The fourth-order valence-corrected chi connectivity index (χ4v) is 3.72. The largest absolute Gasteiger partial charge is 0.259 e. The Morgan fingerprint density at radius 2 is 1.74 bits per heavy atom. The normalized spacial score (nSPS) is 11.2. The first-order chi connectivity index (χ1) is 11.2. The minimum Gasteiger partial charge on any atom is -0.259 e. The van der Waals surface area contributed by atoms with Gasteiger partial charge in [0.15, 0.2) is 5.16 Å². The van der Waals surface area contributed by atoms with Gasteiger partial charge in [-0.05, 0) is 39.2 Å². The van der Waals surface area contributed by atoms with Crippen LogP contribution >= 0.6 is 11.8 Å². The molecule has 4 nitrogen and oxygen atoms in total. The summed E-state index contributed by atoms with van der Waals surface area (Å²) in [5, 5.41) is 9.42. The number of hydrogen-bond donors (Lipinski definition) is 0. The van der Waals surface area contributed by atoms with Gasteiger partial charge in [0.25, 0.3) is 5.78 Å². The van der Waals surface area contributed by atoms with Gasteiger partial charge in [0, 0.05) is 17.1 Å². The lowest BCUT2D eigenvalue weighted by molar-refractivity contribution is 0.593. The Labute approximate surface area is 143 Å². The van der Waals surface area contributed by atoms with Gasteiger partial charge in [0.1, 0.15) is 0 Å². The Kier molecular flexibility index (Phi) is 7.59. The van der Waals surface area contributed by atoms with Crippen LogP contribution in [0.5, 0.6) is 0 Å². The lowest BCUT2D eigenvalue weighted by Crippen LogP contribution is -1.98. The van der Waals surface area contributed by atoms with Crippen molar-refractivity contribution >= 4 is 17.5 Å². The van der Waals surface area contributed by atoms with Gasteiger partial charge in [-0.2, -0.15) is 0 Å². The molecule has 126 valence electrons. The molecule has 0 bridgehead atoms. The molecule has 0 atom stereocenters. The molecule has 0 spiro atoms. The van der Waals surface area contributed by atoms with E-state index in [1.54, 1.807) is 11.8 Å². The van der Waals surface area contributed by atoms with E-state index < -0.39 is 0 Å². The summed E-state index contributed by atoms with van der Waals surface area (Å²) in [5.41, 5.74) is 2.14. The number of thioether (sulfide) groups is 1. The number of nitrogens with zero attached hydrogens (tertiary/aromatic N) is 4. The molecule has 0 aliphatic rings. The second-order valence-electron chi connectivity index (χ2n) is 6.06. The highest BCUT2D eigenvalue weighted by atomic mass is 32.2. The molecule has 0 N–H and O–H groups in total. The van der Waals surface area contributed by atoms with Crippen molar-refractivity contribution in [1.82, 2.24) is 19.6 Å². The maximum atomic E-state index is 4.43. The molecule has 0 fully saturated rings. The van der Waals surface area contributed by atoms with Gasteiger partial charge in [-0.25, -0.2) is 4.98 Å². The molecule has 2 heterocycles. The summed E-state index contributed by atoms with van der Waals surface area (Å²) in [5.74, 6) is 1.81. The zero-order valence-corrected chi connectivity index (χ0v) is 15.2. The number of aryl methyl sites for hydroxylation is 2. The molecule has 2 aromatic heterocycles. The van der Waals surface area contributed by atoms with E-state index in [2.05, 4.69) is 39.2 Å². The Morgan fingerprint density at radius 3 is 2.48 bits per heavy atom. The van der Waals surface area contributed by atoms with Gasteiger partial charge in [-0.1, -0.05) is 49.9 Å². The van der Waals surface area contributed by atoms with Crippen LogP contribution in [0, 0.1) is 13.8 Å². The molecule has 0 saturated carbocycles. The van der Waals surface area contributed by atoms with E-state index in [1.165, 1.54) is 44.9 Å². The SMILES string of the molecule is C=CCCCCCCCCCSc1nnc2nc(C)cc(C)n12. The second kappa shape index (κ2) is 9.71. The van der Waals surface area contributed by atoms with Crippen LogP contribution < -0.4 is 0 Å². The number of hydrogen-bond acceptors (Lipinski definition) is 4. The van der Waals surface area contributed by atoms with Gasteiger partial charge < -0.3 is 0 Å². The summed E-state index contributed by atoms with van der Waals surface area (Å²) in [7, 11) is 0. The first kappa shape index (κ1) is 18.0. The number of fused-ring (bicyclic) bond motifs is 1. The third-order valence-corrected chi connectivity index (χ3v) is 4.96. The molecule has 0 unspecified atom stereocenters. The van der Waals surface area contributed by atoms with Crippen molar-refractivity contribution < 1.29 is 0 Å². The first-order valence-corrected chi connectivity index (χ1v) is 9.64. The van der Waals surface area contributed by atoms with Gasteiger partial charge in [0.2, 0.25) is 0 Å². The van der Waals surface area contributed by atoms with E-state index in [9.17, 15) is 0 Å². The molecule has 0 radical (unpaired) electrons. The molecule has 23 heavy (non-hydrogen) atoms. The highest BCUT2D eigenvalue weighted by Crippen LogP contribution is 2.20.